The Hall–Kier alpha value is -2.57. The van der Waals surface area contributed by atoms with Crippen LogP contribution in [0.25, 0.3) is 11.5 Å². The van der Waals surface area contributed by atoms with E-state index < -0.39 is 0 Å². The summed E-state index contributed by atoms with van der Waals surface area (Å²) in [6.45, 7) is 2.00. The van der Waals surface area contributed by atoms with Crippen LogP contribution in [0.2, 0.25) is 10.0 Å². The second-order valence-electron chi connectivity index (χ2n) is 5.67. The van der Waals surface area contributed by atoms with E-state index in [4.69, 9.17) is 27.6 Å². The smallest absolute Gasteiger partial charge is 0.267 e. The van der Waals surface area contributed by atoms with Crippen LogP contribution in [0.3, 0.4) is 0 Å². The average Bonchev–Trinajstić information content (AvgIpc) is 3.16. The van der Waals surface area contributed by atoms with Crippen molar-refractivity contribution < 1.29 is 9.21 Å². The third kappa shape index (κ3) is 3.98. The second-order valence-corrected chi connectivity index (χ2v) is 6.48. The van der Waals surface area contributed by atoms with E-state index in [0.717, 1.165) is 0 Å². The van der Waals surface area contributed by atoms with E-state index in [-0.39, 0.29) is 24.1 Å². The van der Waals surface area contributed by atoms with Crippen LogP contribution in [-0.2, 0) is 0 Å². The van der Waals surface area contributed by atoms with Crippen LogP contribution >= 0.6 is 23.2 Å². The van der Waals surface area contributed by atoms with E-state index in [1.165, 1.54) is 23.1 Å². The third-order valence-electron chi connectivity index (χ3n) is 3.76. The number of amides is 1. The van der Waals surface area contributed by atoms with E-state index in [9.17, 15) is 9.59 Å². The second kappa shape index (κ2) is 7.76. The van der Waals surface area contributed by atoms with Gasteiger partial charge in [0.05, 0.1) is 22.4 Å². The number of hydrogen-bond donors (Lipinski definition) is 1. The molecule has 2 aromatic heterocycles. The number of benzene rings is 1. The third-order valence-corrected chi connectivity index (χ3v) is 4.50. The molecule has 0 aliphatic carbocycles. The highest BCUT2D eigenvalue weighted by molar-refractivity contribution is 6.42. The summed E-state index contributed by atoms with van der Waals surface area (Å²) in [5.74, 6) is 0.247. The summed E-state index contributed by atoms with van der Waals surface area (Å²) >= 11 is 11.8. The lowest BCUT2D eigenvalue weighted by atomic mass is 10.2. The van der Waals surface area contributed by atoms with Gasteiger partial charge in [-0.15, -0.1) is 0 Å². The molecule has 3 rings (SSSR count). The molecule has 1 atom stereocenters. The highest BCUT2D eigenvalue weighted by Crippen LogP contribution is 2.22. The van der Waals surface area contributed by atoms with Gasteiger partial charge in [0, 0.05) is 18.2 Å². The SMILES string of the molecule is CC(CNC(=O)c1ccc(Cl)c(Cl)c1)n1nc(-c2ccco2)ccc1=O. The van der Waals surface area contributed by atoms with Crippen LogP contribution in [0.5, 0.6) is 0 Å². The minimum Gasteiger partial charge on any atom is -0.463 e. The molecule has 1 unspecified atom stereocenters. The van der Waals surface area contributed by atoms with E-state index in [0.29, 0.717) is 27.1 Å². The lowest BCUT2D eigenvalue weighted by Gasteiger charge is -2.15. The zero-order chi connectivity index (χ0) is 18.7. The van der Waals surface area contributed by atoms with Gasteiger partial charge in [-0.1, -0.05) is 23.2 Å². The zero-order valence-corrected chi connectivity index (χ0v) is 15.3. The van der Waals surface area contributed by atoms with Gasteiger partial charge in [-0.3, -0.25) is 9.59 Å². The number of carbonyl (C=O) groups excluding carboxylic acids is 1. The van der Waals surface area contributed by atoms with Crippen molar-refractivity contribution in [3.05, 3.63) is 74.7 Å². The summed E-state index contributed by atoms with van der Waals surface area (Å²) in [6.07, 6.45) is 1.54. The predicted octanol–water partition coefficient (Wildman–Crippen LogP) is 3.80. The largest absolute Gasteiger partial charge is 0.463 e. The van der Waals surface area contributed by atoms with Gasteiger partial charge < -0.3 is 9.73 Å². The van der Waals surface area contributed by atoms with Crippen LogP contribution in [0, 0.1) is 0 Å². The summed E-state index contributed by atoms with van der Waals surface area (Å²) in [6, 6.07) is 10.8. The Labute approximate surface area is 159 Å². The molecule has 8 heteroatoms. The maximum atomic E-state index is 12.2. The first-order valence-corrected chi connectivity index (χ1v) is 8.58. The number of nitrogens with zero attached hydrogens (tertiary/aromatic N) is 2. The Kier molecular flexibility index (Phi) is 5.44. The highest BCUT2D eigenvalue weighted by atomic mass is 35.5. The summed E-state index contributed by atoms with van der Waals surface area (Å²) in [5, 5.41) is 7.75. The molecule has 0 saturated heterocycles. The van der Waals surface area contributed by atoms with Crippen molar-refractivity contribution in [3.8, 4) is 11.5 Å². The number of furan rings is 1. The van der Waals surface area contributed by atoms with Crippen molar-refractivity contribution >= 4 is 29.1 Å². The number of carbonyl (C=O) groups is 1. The van der Waals surface area contributed by atoms with Crippen LogP contribution in [0.4, 0.5) is 0 Å². The molecule has 0 aliphatic heterocycles. The molecule has 1 aromatic carbocycles. The van der Waals surface area contributed by atoms with Gasteiger partial charge in [0.25, 0.3) is 11.5 Å². The van der Waals surface area contributed by atoms with Gasteiger partial charge in [-0.25, -0.2) is 4.68 Å². The normalized spacial score (nSPS) is 12.0. The van der Waals surface area contributed by atoms with Crippen LogP contribution < -0.4 is 10.9 Å². The molecule has 0 spiro atoms. The molecule has 6 nitrogen and oxygen atoms in total. The molecule has 134 valence electrons. The molecule has 0 radical (unpaired) electrons. The summed E-state index contributed by atoms with van der Waals surface area (Å²) < 4.78 is 6.61. The van der Waals surface area contributed by atoms with Gasteiger partial charge in [-0.05, 0) is 43.3 Å². The Morgan fingerprint density at radius 3 is 2.73 bits per heavy atom. The van der Waals surface area contributed by atoms with Gasteiger partial charge in [0.15, 0.2) is 5.76 Å². The summed E-state index contributed by atoms with van der Waals surface area (Å²) in [7, 11) is 0. The topological polar surface area (TPSA) is 77.1 Å². The molecule has 0 aliphatic rings. The fourth-order valence-corrected chi connectivity index (χ4v) is 2.66. The van der Waals surface area contributed by atoms with Gasteiger partial charge in [0.1, 0.15) is 5.69 Å². The fourth-order valence-electron chi connectivity index (χ4n) is 2.36. The molecule has 0 bridgehead atoms. The first kappa shape index (κ1) is 18.2. The summed E-state index contributed by atoms with van der Waals surface area (Å²) in [4.78, 5) is 24.4. The number of rotatable bonds is 5. The van der Waals surface area contributed by atoms with Crippen molar-refractivity contribution in [2.45, 2.75) is 13.0 Å². The Morgan fingerprint density at radius 2 is 2.04 bits per heavy atom. The monoisotopic (exact) mass is 391 g/mol. The number of aromatic nitrogens is 2. The zero-order valence-electron chi connectivity index (χ0n) is 13.8. The Morgan fingerprint density at radius 1 is 1.23 bits per heavy atom. The average molecular weight is 392 g/mol. The number of hydrogen-bond acceptors (Lipinski definition) is 4. The molecule has 0 fully saturated rings. The standard InChI is InChI=1S/C18H15Cl2N3O3/c1-11(10-21-18(25)12-4-5-13(19)14(20)9-12)23-17(24)7-6-15(22-23)16-3-2-8-26-16/h2-9,11H,10H2,1H3,(H,21,25). The van der Waals surface area contributed by atoms with Gasteiger partial charge in [-0.2, -0.15) is 5.10 Å². The molecular formula is C18H15Cl2N3O3. The molecule has 1 amide bonds. The van der Waals surface area contributed by atoms with Crippen molar-refractivity contribution in [2.24, 2.45) is 0 Å². The van der Waals surface area contributed by atoms with E-state index in [1.54, 1.807) is 37.3 Å². The number of halogens is 2. The van der Waals surface area contributed by atoms with Gasteiger partial charge >= 0.3 is 0 Å². The first-order valence-electron chi connectivity index (χ1n) is 7.82. The minimum atomic E-state index is -0.357. The van der Waals surface area contributed by atoms with Crippen molar-refractivity contribution in [1.29, 1.82) is 0 Å². The maximum Gasteiger partial charge on any atom is 0.267 e. The molecule has 26 heavy (non-hydrogen) atoms. The molecule has 1 N–H and O–H groups in total. The van der Waals surface area contributed by atoms with E-state index >= 15 is 0 Å². The Balaban J connectivity index is 1.72. The van der Waals surface area contributed by atoms with Crippen molar-refractivity contribution in [1.82, 2.24) is 15.1 Å². The Bertz CT molecular complexity index is 984. The highest BCUT2D eigenvalue weighted by Gasteiger charge is 2.14. The lowest BCUT2D eigenvalue weighted by molar-refractivity contribution is 0.0947. The number of nitrogens with one attached hydrogen (secondary N) is 1. The maximum absolute atomic E-state index is 12.2. The fraction of sp³-hybridized carbons (Fsp3) is 0.167. The molecule has 3 aromatic rings. The van der Waals surface area contributed by atoms with E-state index in [2.05, 4.69) is 10.4 Å². The predicted molar refractivity (Wildman–Crippen MR) is 99.7 cm³/mol. The minimum absolute atomic E-state index is 0.216. The van der Waals surface area contributed by atoms with Crippen molar-refractivity contribution in [3.63, 3.8) is 0 Å². The lowest BCUT2D eigenvalue weighted by Crippen LogP contribution is -2.34. The summed E-state index contributed by atoms with van der Waals surface area (Å²) in [5.41, 5.74) is 0.657. The molecule has 2 heterocycles. The van der Waals surface area contributed by atoms with E-state index in [1.807, 2.05) is 0 Å². The van der Waals surface area contributed by atoms with Crippen molar-refractivity contribution in [2.75, 3.05) is 6.54 Å². The van der Waals surface area contributed by atoms with Crippen LogP contribution in [-0.4, -0.2) is 22.2 Å². The molecular weight excluding hydrogens is 377 g/mol. The van der Waals surface area contributed by atoms with Gasteiger partial charge in [0.2, 0.25) is 0 Å². The van der Waals surface area contributed by atoms with Crippen LogP contribution in [0.1, 0.15) is 23.3 Å². The quantitative estimate of drug-likeness (QED) is 0.717. The molecule has 0 saturated carbocycles. The first-order chi connectivity index (χ1) is 12.5. The van der Waals surface area contributed by atoms with Crippen LogP contribution in [0.15, 0.2) is 57.9 Å².